The van der Waals surface area contributed by atoms with Gasteiger partial charge in [-0.2, -0.15) is 0 Å². The first kappa shape index (κ1) is 12.7. The van der Waals surface area contributed by atoms with Crippen molar-refractivity contribution in [2.75, 3.05) is 6.61 Å². The second-order valence-corrected chi connectivity index (χ2v) is 8.64. The Morgan fingerprint density at radius 3 is 2.00 bits per heavy atom. The molecule has 0 amide bonds. The molecule has 2 aromatic carbocycles. The molecular weight excluding hydrogens is 283 g/mol. The van der Waals surface area contributed by atoms with Crippen molar-refractivity contribution in [1.29, 1.82) is 0 Å². The van der Waals surface area contributed by atoms with Crippen LogP contribution in [-0.2, 0) is 4.52 Å². The monoisotopic (exact) mass is 296 g/mol. The van der Waals surface area contributed by atoms with Gasteiger partial charge in [-0.3, -0.25) is 0 Å². The van der Waals surface area contributed by atoms with Crippen LogP contribution in [0, 0.1) is 0 Å². The average Bonchev–Trinajstić information content (AvgIpc) is 2.74. The Bertz CT molecular complexity index is 578. The van der Waals surface area contributed by atoms with Crippen LogP contribution in [0.15, 0.2) is 54.6 Å². The minimum absolute atomic E-state index is 0.407. The molecule has 0 atom stereocenters. The van der Waals surface area contributed by atoms with E-state index in [9.17, 15) is 0 Å². The van der Waals surface area contributed by atoms with Gasteiger partial charge in [0, 0.05) is 0 Å². The zero-order valence-corrected chi connectivity index (χ0v) is 12.1. The number of hydrogen-bond acceptors (Lipinski definition) is 3. The Hall–Kier alpha value is -1.28. The van der Waals surface area contributed by atoms with Gasteiger partial charge < -0.3 is 0 Å². The SMILES string of the molecule is CCOP1(Cl)(c2ccccc2)Oc2ccccc2O1. The van der Waals surface area contributed by atoms with Crippen molar-refractivity contribution in [2.45, 2.75) is 6.92 Å². The van der Waals surface area contributed by atoms with Crippen molar-refractivity contribution >= 4 is 23.2 Å². The number of benzene rings is 2. The van der Waals surface area contributed by atoms with Crippen molar-refractivity contribution < 1.29 is 13.6 Å². The predicted molar refractivity (Wildman–Crippen MR) is 78.2 cm³/mol. The number of fused-ring (bicyclic) bond motifs is 1. The quantitative estimate of drug-likeness (QED) is 0.792. The summed E-state index contributed by atoms with van der Waals surface area (Å²) in [5, 5.41) is 0.730. The van der Waals surface area contributed by atoms with E-state index in [0.717, 1.165) is 5.30 Å². The van der Waals surface area contributed by atoms with Crippen molar-refractivity contribution in [3.05, 3.63) is 54.6 Å². The number of halogens is 1. The molecule has 2 aromatic rings. The minimum atomic E-state index is -3.83. The summed E-state index contributed by atoms with van der Waals surface area (Å²) in [4.78, 5) is 0. The number of hydrogen-bond donors (Lipinski definition) is 0. The van der Waals surface area contributed by atoms with Crippen LogP contribution >= 0.6 is 17.9 Å². The van der Waals surface area contributed by atoms with E-state index < -0.39 is 6.64 Å². The molecule has 19 heavy (non-hydrogen) atoms. The molecule has 0 aromatic heterocycles. The molecule has 0 saturated heterocycles. The summed E-state index contributed by atoms with van der Waals surface area (Å²) in [5.74, 6) is 1.24. The third kappa shape index (κ3) is 1.99. The Kier molecular flexibility index (Phi) is 2.94. The zero-order chi connectivity index (χ0) is 13.4. The predicted octanol–water partition coefficient (Wildman–Crippen LogP) is 4.27. The second-order valence-electron chi connectivity index (χ2n) is 4.17. The molecule has 100 valence electrons. The molecule has 3 rings (SSSR count). The van der Waals surface area contributed by atoms with E-state index in [0.29, 0.717) is 18.1 Å². The summed E-state index contributed by atoms with van der Waals surface area (Å²) in [5.41, 5.74) is 0. The third-order valence-electron chi connectivity index (χ3n) is 2.87. The van der Waals surface area contributed by atoms with Crippen molar-refractivity contribution in [1.82, 2.24) is 0 Å². The number of para-hydroxylation sites is 2. The topological polar surface area (TPSA) is 27.7 Å². The Balaban J connectivity index is 2.13. The van der Waals surface area contributed by atoms with Crippen molar-refractivity contribution in [3.63, 3.8) is 0 Å². The summed E-state index contributed by atoms with van der Waals surface area (Å²) in [6.07, 6.45) is 0. The third-order valence-corrected chi connectivity index (χ3v) is 7.00. The summed E-state index contributed by atoms with van der Waals surface area (Å²) in [7, 11) is 0. The molecule has 0 unspecified atom stereocenters. The van der Waals surface area contributed by atoms with Gasteiger partial charge in [-0.15, -0.1) is 0 Å². The van der Waals surface area contributed by atoms with E-state index in [1.165, 1.54) is 0 Å². The van der Waals surface area contributed by atoms with E-state index in [4.69, 9.17) is 24.8 Å². The molecule has 0 fully saturated rings. The Morgan fingerprint density at radius 2 is 1.47 bits per heavy atom. The second kappa shape index (κ2) is 4.38. The van der Waals surface area contributed by atoms with Crippen LogP contribution < -0.4 is 14.4 Å². The molecular formula is C14H14ClO3P. The van der Waals surface area contributed by atoms with Gasteiger partial charge in [-0.1, -0.05) is 0 Å². The number of rotatable bonds is 3. The van der Waals surface area contributed by atoms with E-state index in [1.807, 2.05) is 61.5 Å². The Labute approximate surface area is 117 Å². The van der Waals surface area contributed by atoms with E-state index in [1.54, 1.807) is 0 Å². The fourth-order valence-corrected chi connectivity index (χ4v) is 5.71. The van der Waals surface area contributed by atoms with Crippen LogP contribution in [0.2, 0.25) is 0 Å². The van der Waals surface area contributed by atoms with Gasteiger partial charge in [0.2, 0.25) is 0 Å². The maximum absolute atomic E-state index is 6.78. The van der Waals surface area contributed by atoms with Crippen molar-refractivity contribution in [3.8, 4) is 11.5 Å². The molecule has 0 saturated carbocycles. The molecule has 0 spiro atoms. The van der Waals surface area contributed by atoms with Crippen LogP contribution in [0.4, 0.5) is 0 Å². The normalized spacial score (nSPS) is 20.4. The van der Waals surface area contributed by atoms with Gasteiger partial charge in [-0.25, -0.2) is 0 Å². The van der Waals surface area contributed by atoms with E-state index in [-0.39, 0.29) is 0 Å². The molecule has 3 nitrogen and oxygen atoms in total. The van der Waals surface area contributed by atoms with Crippen LogP contribution in [-0.4, -0.2) is 6.61 Å². The van der Waals surface area contributed by atoms with Gasteiger partial charge >= 0.3 is 116 Å². The molecule has 1 heterocycles. The van der Waals surface area contributed by atoms with Gasteiger partial charge in [0.05, 0.1) is 0 Å². The summed E-state index contributed by atoms with van der Waals surface area (Å²) >= 11 is 6.78. The summed E-state index contributed by atoms with van der Waals surface area (Å²) < 4.78 is 17.7. The molecule has 0 N–H and O–H groups in total. The van der Waals surface area contributed by atoms with Crippen LogP contribution in [0.25, 0.3) is 0 Å². The van der Waals surface area contributed by atoms with Gasteiger partial charge in [0.25, 0.3) is 0 Å². The van der Waals surface area contributed by atoms with Gasteiger partial charge in [0.15, 0.2) is 0 Å². The van der Waals surface area contributed by atoms with E-state index >= 15 is 0 Å². The summed E-state index contributed by atoms with van der Waals surface area (Å²) in [6, 6.07) is 16.8. The fraction of sp³-hybridized carbons (Fsp3) is 0.143. The van der Waals surface area contributed by atoms with Crippen LogP contribution in [0.1, 0.15) is 6.92 Å². The zero-order valence-electron chi connectivity index (χ0n) is 10.5. The molecule has 0 aliphatic carbocycles. The first-order valence-corrected chi connectivity index (χ1v) is 8.98. The molecule has 0 radical (unpaired) electrons. The Morgan fingerprint density at radius 1 is 0.947 bits per heavy atom. The summed E-state index contributed by atoms with van der Waals surface area (Å²) in [6.45, 7) is -1.55. The van der Waals surface area contributed by atoms with Crippen LogP contribution in [0.3, 0.4) is 0 Å². The van der Waals surface area contributed by atoms with Gasteiger partial charge in [-0.05, 0) is 0 Å². The molecule has 5 heteroatoms. The first-order chi connectivity index (χ1) is 9.14. The fourth-order valence-electron chi connectivity index (χ4n) is 2.07. The molecule has 0 bridgehead atoms. The molecule has 1 aliphatic heterocycles. The van der Waals surface area contributed by atoms with Crippen LogP contribution in [0.5, 0.6) is 11.5 Å². The first-order valence-electron chi connectivity index (χ1n) is 6.08. The van der Waals surface area contributed by atoms with E-state index in [2.05, 4.69) is 0 Å². The average molecular weight is 297 g/mol. The van der Waals surface area contributed by atoms with Crippen molar-refractivity contribution in [2.24, 2.45) is 0 Å². The maximum atomic E-state index is 6.78. The standard InChI is InChI=1S/C14H14ClO3P/c1-2-16-19(15,12-8-4-3-5-9-12)17-13-10-6-7-11-14(13)18-19/h3-11H,2H2,1H3. The van der Waals surface area contributed by atoms with Gasteiger partial charge in [0.1, 0.15) is 0 Å². The molecule has 1 aliphatic rings.